The second-order valence-corrected chi connectivity index (χ2v) is 4.27. The van der Waals surface area contributed by atoms with Crippen LogP contribution >= 0.6 is 0 Å². The van der Waals surface area contributed by atoms with Crippen molar-refractivity contribution in [1.29, 1.82) is 0 Å². The van der Waals surface area contributed by atoms with E-state index >= 15 is 0 Å². The molecule has 1 aromatic carbocycles. The molecule has 2 aliphatic heterocycles. The van der Waals surface area contributed by atoms with Crippen LogP contribution in [0.2, 0.25) is 0 Å². The van der Waals surface area contributed by atoms with E-state index in [0.29, 0.717) is 0 Å². The maximum absolute atomic E-state index is 12.2. The quantitative estimate of drug-likeness (QED) is 0.732. The third-order valence-electron chi connectivity index (χ3n) is 3.21. The SMILES string of the molecule is O=C(c1ccccc1)C1CC2=C(CCN2)N1. The zero-order valence-corrected chi connectivity index (χ0v) is 8.99. The number of rotatable bonds is 2. The van der Waals surface area contributed by atoms with Gasteiger partial charge in [0.25, 0.3) is 0 Å². The summed E-state index contributed by atoms with van der Waals surface area (Å²) >= 11 is 0. The molecule has 0 saturated heterocycles. The van der Waals surface area contributed by atoms with Gasteiger partial charge in [-0.2, -0.15) is 0 Å². The van der Waals surface area contributed by atoms with Gasteiger partial charge in [0.05, 0.1) is 6.04 Å². The summed E-state index contributed by atoms with van der Waals surface area (Å²) in [6.07, 6.45) is 1.83. The Hall–Kier alpha value is -1.77. The molecule has 1 unspecified atom stereocenters. The van der Waals surface area contributed by atoms with Crippen molar-refractivity contribution in [3.05, 3.63) is 47.3 Å². The molecule has 1 aromatic rings. The second-order valence-electron chi connectivity index (χ2n) is 4.27. The highest BCUT2D eigenvalue weighted by Gasteiger charge is 2.31. The van der Waals surface area contributed by atoms with Gasteiger partial charge < -0.3 is 10.6 Å². The van der Waals surface area contributed by atoms with Gasteiger partial charge in [0, 0.05) is 36.3 Å². The Labute approximate surface area is 94.5 Å². The van der Waals surface area contributed by atoms with Crippen molar-refractivity contribution >= 4 is 5.78 Å². The van der Waals surface area contributed by atoms with Crippen LogP contribution in [0.5, 0.6) is 0 Å². The van der Waals surface area contributed by atoms with Gasteiger partial charge in [-0.25, -0.2) is 0 Å². The molecule has 1 atom stereocenters. The normalized spacial score (nSPS) is 22.6. The van der Waals surface area contributed by atoms with Crippen molar-refractivity contribution in [3.63, 3.8) is 0 Å². The van der Waals surface area contributed by atoms with Gasteiger partial charge in [-0.3, -0.25) is 4.79 Å². The van der Waals surface area contributed by atoms with E-state index in [0.717, 1.165) is 24.9 Å². The smallest absolute Gasteiger partial charge is 0.185 e. The molecular formula is C13H14N2O. The van der Waals surface area contributed by atoms with Crippen molar-refractivity contribution in [2.75, 3.05) is 6.54 Å². The highest BCUT2D eigenvalue weighted by Crippen LogP contribution is 2.24. The zero-order valence-electron chi connectivity index (χ0n) is 8.99. The Morgan fingerprint density at radius 1 is 1.19 bits per heavy atom. The van der Waals surface area contributed by atoms with Crippen LogP contribution in [0.3, 0.4) is 0 Å². The average Bonchev–Trinajstić information content (AvgIpc) is 2.89. The van der Waals surface area contributed by atoms with E-state index in [1.54, 1.807) is 0 Å². The van der Waals surface area contributed by atoms with Gasteiger partial charge in [0.1, 0.15) is 0 Å². The lowest BCUT2D eigenvalue weighted by atomic mass is 10.0. The number of benzene rings is 1. The van der Waals surface area contributed by atoms with Crippen LogP contribution in [0.1, 0.15) is 23.2 Å². The molecule has 2 aliphatic rings. The summed E-state index contributed by atoms with van der Waals surface area (Å²) in [5.74, 6) is 0.191. The monoisotopic (exact) mass is 214 g/mol. The molecular weight excluding hydrogens is 200 g/mol. The fourth-order valence-electron chi connectivity index (χ4n) is 2.38. The molecule has 2 N–H and O–H groups in total. The summed E-state index contributed by atoms with van der Waals surface area (Å²) in [4.78, 5) is 12.2. The number of carbonyl (C=O) groups is 1. The fourth-order valence-corrected chi connectivity index (χ4v) is 2.38. The first-order valence-electron chi connectivity index (χ1n) is 5.66. The molecule has 0 spiro atoms. The molecule has 0 saturated carbocycles. The predicted octanol–water partition coefficient (Wildman–Crippen LogP) is 1.44. The number of hydrogen-bond donors (Lipinski definition) is 2. The molecule has 0 fully saturated rings. The fraction of sp³-hybridized carbons (Fsp3) is 0.308. The van der Waals surface area contributed by atoms with Gasteiger partial charge in [0.15, 0.2) is 5.78 Å². The molecule has 3 nitrogen and oxygen atoms in total. The minimum atomic E-state index is -0.0693. The van der Waals surface area contributed by atoms with Crippen molar-refractivity contribution in [2.24, 2.45) is 0 Å². The van der Waals surface area contributed by atoms with E-state index in [9.17, 15) is 4.79 Å². The van der Waals surface area contributed by atoms with Crippen LogP contribution in [0.25, 0.3) is 0 Å². The lowest BCUT2D eigenvalue weighted by Crippen LogP contribution is -2.32. The zero-order chi connectivity index (χ0) is 11.0. The maximum atomic E-state index is 12.2. The van der Waals surface area contributed by atoms with Crippen LogP contribution < -0.4 is 10.6 Å². The second kappa shape index (κ2) is 3.67. The lowest BCUT2D eigenvalue weighted by Gasteiger charge is -2.13. The molecule has 0 amide bonds. The van der Waals surface area contributed by atoms with E-state index in [2.05, 4.69) is 10.6 Å². The van der Waals surface area contributed by atoms with Gasteiger partial charge in [0.2, 0.25) is 0 Å². The summed E-state index contributed by atoms with van der Waals surface area (Å²) in [6, 6.07) is 9.42. The summed E-state index contributed by atoms with van der Waals surface area (Å²) in [6.45, 7) is 1.00. The minimum absolute atomic E-state index is 0.0693. The first-order chi connectivity index (χ1) is 7.84. The summed E-state index contributed by atoms with van der Waals surface area (Å²) < 4.78 is 0. The van der Waals surface area contributed by atoms with Crippen LogP contribution in [0.15, 0.2) is 41.7 Å². The topological polar surface area (TPSA) is 41.1 Å². The van der Waals surface area contributed by atoms with Crippen LogP contribution in [-0.2, 0) is 0 Å². The summed E-state index contributed by atoms with van der Waals surface area (Å²) in [5.41, 5.74) is 3.25. The Kier molecular flexibility index (Phi) is 2.17. The number of ketones is 1. The van der Waals surface area contributed by atoms with Crippen LogP contribution in [-0.4, -0.2) is 18.4 Å². The third-order valence-corrected chi connectivity index (χ3v) is 3.21. The molecule has 82 valence electrons. The molecule has 3 heteroatoms. The molecule has 0 aliphatic carbocycles. The standard InChI is InChI=1S/C13H14N2O/c16-13(9-4-2-1-3-5-9)12-8-11-10(15-12)6-7-14-11/h1-5,12,14-15H,6-8H2. The Morgan fingerprint density at radius 3 is 2.75 bits per heavy atom. The Balaban J connectivity index is 1.75. The van der Waals surface area contributed by atoms with Crippen molar-refractivity contribution in [3.8, 4) is 0 Å². The number of hydrogen-bond acceptors (Lipinski definition) is 3. The molecule has 16 heavy (non-hydrogen) atoms. The van der Waals surface area contributed by atoms with E-state index in [-0.39, 0.29) is 11.8 Å². The first-order valence-corrected chi connectivity index (χ1v) is 5.66. The maximum Gasteiger partial charge on any atom is 0.185 e. The molecule has 3 rings (SSSR count). The number of nitrogens with one attached hydrogen (secondary N) is 2. The van der Waals surface area contributed by atoms with Gasteiger partial charge in [-0.1, -0.05) is 30.3 Å². The lowest BCUT2D eigenvalue weighted by molar-refractivity contribution is 0.0951. The average molecular weight is 214 g/mol. The molecule has 0 radical (unpaired) electrons. The van der Waals surface area contributed by atoms with Crippen LogP contribution in [0, 0.1) is 0 Å². The third kappa shape index (κ3) is 1.48. The van der Waals surface area contributed by atoms with Gasteiger partial charge in [-0.05, 0) is 0 Å². The first kappa shape index (κ1) is 9.46. The molecule has 0 bridgehead atoms. The Bertz CT molecular complexity index is 434. The molecule has 2 heterocycles. The predicted molar refractivity (Wildman–Crippen MR) is 62.0 cm³/mol. The van der Waals surface area contributed by atoms with Crippen molar-refractivity contribution in [1.82, 2.24) is 10.6 Å². The highest BCUT2D eigenvalue weighted by atomic mass is 16.1. The Morgan fingerprint density at radius 2 is 2.00 bits per heavy atom. The summed E-state index contributed by atoms with van der Waals surface area (Å²) in [7, 11) is 0. The van der Waals surface area contributed by atoms with Crippen LogP contribution in [0.4, 0.5) is 0 Å². The molecule has 0 aromatic heterocycles. The minimum Gasteiger partial charge on any atom is -0.386 e. The van der Waals surface area contributed by atoms with Gasteiger partial charge >= 0.3 is 0 Å². The largest absolute Gasteiger partial charge is 0.386 e. The van der Waals surface area contributed by atoms with Crippen molar-refractivity contribution < 1.29 is 4.79 Å². The number of carbonyl (C=O) groups excluding carboxylic acids is 1. The van der Waals surface area contributed by atoms with E-state index < -0.39 is 0 Å². The van der Waals surface area contributed by atoms with E-state index in [1.165, 1.54) is 11.4 Å². The number of Topliss-reactive ketones (excluding diaryl/α,β-unsaturated/α-hetero) is 1. The highest BCUT2D eigenvalue weighted by molar-refractivity contribution is 6.00. The van der Waals surface area contributed by atoms with Crippen molar-refractivity contribution in [2.45, 2.75) is 18.9 Å². The van der Waals surface area contributed by atoms with Gasteiger partial charge in [-0.15, -0.1) is 0 Å². The van der Waals surface area contributed by atoms with E-state index in [1.807, 2.05) is 30.3 Å². The summed E-state index contributed by atoms with van der Waals surface area (Å²) in [5, 5.41) is 6.64. The van der Waals surface area contributed by atoms with E-state index in [4.69, 9.17) is 0 Å².